The number of halogens is 1. The summed E-state index contributed by atoms with van der Waals surface area (Å²) in [6, 6.07) is 0. The molecule has 25 heavy (non-hydrogen) atoms. The molecule has 1 atom stereocenters. The van der Waals surface area contributed by atoms with Crippen LogP contribution in [-0.4, -0.2) is 62.3 Å². The van der Waals surface area contributed by atoms with Crippen molar-refractivity contribution in [2.45, 2.75) is 65.8 Å². The fourth-order valence-corrected chi connectivity index (χ4v) is 3.13. The fraction of sp³-hybridized carbons (Fsp3) is 0.947. The molecule has 1 heterocycles. The number of likely N-dealkylation sites (tertiary alicyclic amines) is 1. The fourth-order valence-electron chi connectivity index (χ4n) is 3.13. The van der Waals surface area contributed by atoms with Gasteiger partial charge in [-0.2, -0.15) is 0 Å². The smallest absolute Gasteiger partial charge is 0.191 e. The maximum Gasteiger partial charge on any atom is 0.191 e. The summed E-state index contributed by atoms with van der Waals surface area (Å²) in [5, 5.41) is 6.80. The van der Waals surface area contributed by atoms with Crippen LogP contribution < -0.4 is 10.6 Å². The number of unbranched alkanes of at least 4 members (excludes halogenated alkanes) is 1. The second-order valence-corrected chi connectivity index (χ2v) is 7.53. The van der Waals surface area contributed by atoms with Crippen molar-refractivity contribution in [1.82, 2.24) is 15.5 Å². The Balaban J connectivity index is 0.00000576. The third-order valence-electron chi connectivity index (χ3n) is 4.69. The molecule has 1 unspecified atom stereocenters. The average molecular weight is 468 g/mol. The van der Waals surface area contributed by atoms with E-state index in [-0.39, 0.29) is 29.5 Å². The number of rotatable bonds is 10. The number of piperidine rings is 1. The van der Waals surface area contributed by atoms with Crippen LogP contribution >= 0.6 is 24.0 Å². The van der Waals surface area contributed by atoms with Gasteiger partial charge in [0.2, 0.25) is 0 Å². The van der Waals surface area contributed by atoms with Crippen LogP contribution in [-0.2, 0) is 4.74 Å². The van der Waals surface area contributed by atoms with Crippen LogP contribution in [0.1, 0.15) is 60.3 Å². The summed E-state index contributed by atoms with van der Waals surface area (Å²) >= 11 is 0. The van der Waals surface area contributed by atoms with Crippen molar-refractivity contribution >= 4 is 29.9 Å². The van der Waals surface area contributed by atoms with E-state index in [0.717, 1.165) is 57.6 Å². The molecule has 0 radical (unpaired) electrons. The van der Waals surface area contributed by atoms with Gasteiger partial charge in [-0.05, 0) is 65.8 Å². The predicted octanol–water partition coefficient (Wildman–Crippen LogP) is 3.49. The van der Waals surface area contributed by atoms with Gasteiger partial charge in [-0.3, -0.25) is 9.89 Å². The number of aliphatic imine (C=N–C) groups is 1. The van der Waals surface area contributed by atoms with Gasteiger partial charge in [0.05, 0.1) is 6.54 Å². The van der Waals surface area contributed by atoms with E-state index < -0.39 is 0 Å². The molecule has 150 valence electrons. The van der Waals surface area contributed by atoms with Crippen molar-refractivity contribution in [1.29, 1.82) is 0 Å². The highest BCUT2D eigenvalue weighted by molar-refractivity contribution is 14.0. The van der Waals surface area contributed by atoms with Crippen LogP contribution in [0.4, 0.5) is 0 Å². The third-order valence-corrected chi connectivity index (χ3v) is 4.69. The zero-order valence-electron chi connectivity index (χ0n) is 17.1. The topological polar surface area (TPSA) is 48.9 Å². The van der Waals surface area contributed by atoms with E-state index in [9.17, 15) is 0 Å². The summed E-state index contributed by atoms with van der Waals surface area (Å²) in [6.45, 7) is 17.9. The number of hydrogen-bond acceptors (Lipinski definition) is 3. The molecular weight excluding hydrogens is 427 g/mol. The lowest BCUT2D eigenvalue weighted by molar-refractivity contribution is 0.0774. The molecule has 1 saturated heterocycles. The first-order valence-electron chi connectivity index (χ1n) is 9.84. The minimum Gasteiger partial charge on any atom is -0.382 e. The van der Waals surface area contributed by atoms with Gasteiger partial charge >= 0.3 is 0 Å². The molecule has 0 spiro atoms. The molecule has 0 aromatic rings. The summed E-state index contributed by atoms with van der Waals surface area (Å²) in [7, 11) is 0. The van der Waals surface area contributed by atoms with Crippen LogP contribution in [0.15, 0.2) is 4.99 Å². The Morgan fingerprint density at radius 1 is 1.24 bits per heavy atom. The largest absolute Gasteiger partial charge is 0.382 e. The van der Waals surface area contributed by atoms with Crippen molar-refractivity contribution in [2.24, 2.45) is 10.9 Å². The van der Waals surface area contributed by atoms with E-state index in [0.29, 0.717) is 0 Å². The Hall–Kier alpha value is -0.0800. The lowest BCUT2D eigenvalue weighted by atomic mass is 9.94. The number of ether oxygens (including phenoxy) is 1. The third kappa shape index (κ3) is 10.6. The number of nitrogens with one attached hydrogen (secondary N) is 2. The van der Waals surface area contributed by atoms with Gasteiger partial charge in [-0.25, -0.2) is 0 Å². The highest BCUT2D eigenvalue weighted by atomic mass is 127. The van der Waals surface area contributed by atoms with E-state index in [1.54, 1.807) is 0 Å². The molecule has 6 heteroatoms. The molecule has 1 aliphatic heterocycles. The van der Waals surface area contributed by atoms with Crippen LogP contribution in [0.5, 0.6) is 0 Å². The summed E-state index contributed by atoms with van der Waals surface area (Å²) in [6.07, 6.45) is 4.88. The lowest BCUT2D eigenvalue weighted by Crippen LogP contribution is -2.51. The van der Waals surface area contributed by atoms with Crippen LogP contribution in [0.25, 0.3) is 0 Å². The molecule has 0 amide bonds. The number of hydrogen-bond donors (Lipinski definition) is 2. The first kappa shape index (κ1) is 24.9. The van der Waals surface area contributed by atoms with E-state index in [1.807, 2.05) is 6.92 Å². The Kier molecular flexibility index (Phi) is 14.0. The molecule has 1 rings (SSSR count). The summed E-state index contributed by atoms with van der Waals surface area (Å²) in [5.74, 6) is 1.74. The molecular formula is C19H41IN4O. The molecule has 0 aromatic carbocycles. The lowest BCUT2D eigenvalue weighted by Gasteiger charge is -2.42. The first-order valence-corrected chi connectivity index (χ1v) is 9.84. The van der Waals surface area contributed by atoms with Crippen molar-refractivity contribution < 1.29 is 4.74 Å². The second kappa shape index (κ2) is 14.0. The Morgan fingerprint density at radius 2 is 2.00 bits per heavy atom. The van der Waals surface area contributed by atoms with E-state index in [1.165, 1.54) is 25.9 Å². The molecule has 0 saturated carbocycles. The Labute approximate surface area is 172 Å². The van der Waals surface area contributed by atoms with E-state index >= 15 is 0 Å². The van der Waals surface area contributed by atoms with E-state index in [4.69, 9.17) is 9.73 Å². The highest BCUT2D eigenvalue weighted by Crippen LogP contribution is 2.23. The minimum atomic E-state index is 0. The van der Waals surface area contributed by atoms with Crippen molar-refractivity contribution in [3.63, 3.8) is 0 Å². The van der Waals surface area contributed by atoms with Gasteiger partial charge in [0.15, 0.2) is 5.96 Å². The maximum atomic E-state index is 5.38. The molecule has 0 aromatic heterocycles. The van der Waals surface area contributed by atoms with Crippen LogP contribution in [0.2, 0.25) is 0 Å². The summed E-state index contributed by atoms with van der Waals surface area (Å²) in [4.78, 5) is 7.45. The summed E-state index contributed by atoms with van der Waals surface area (Å²) < 4.78 is 5.38. The molecule has 1 fully saturated rings. The summed E-state index contributed by atoms with van der Waals surface area (Å²) in [5.41, 5.74) is 0.117. The standard InChI is InChI=1S/C19H40N4O.HI/c1-6-20-18(21-12-8-9-14-24-7-2)22-16-19(4,5)23-13-10-11-17(3)15-23;/h17H,6-16H2,1-5H3,(H2,20,21,22);1H. The monoisotopic (exact) mass is 468 g/mol. The molecule has 5 nitrogen and oxygen atoms in total. The van der Waals surface area contributed by atoms with Gasteiger partial charge in [-0.1, -0.05) is 6.92 Å². The number of guanidine groups is 1. The molecule has 1 aliphatic rings. The van der Waals surface area contributed by atoms with Crippen LogP contribution in [0.3, 0.4) is 0 Å². The van der Waals surface area contributed by atoms with Gasteiger partial charge in [0, 0.05) is 38.4 Å². The quantitative estimate of drug-likeness (QED) is 0.223. The second-order valence-electron chi connectivity index (χ2n) is 7.53. The molecule has 0 aliphatic carbocycles. The van der Waals surface area contributed by atoms with Gasteiger partial charge in [0.1, 0.15) is 0 Å². The first-order chi connectivity index (χ1) is 11.5. The Morgan fingerprint density at radius 3 is 2.64 bits per heavy atom. The van der Waals surface area contributed by atoms with Gasteiger partial charge < -0.3 is 15.4 Å². The zero-order valence-corrected chi connectivity index (χ0v) is 19.4. The average Bonchev–Trinajstić information content (AvgIpc) is 2.55. The highest BCUT2D eigenvalue weighted by Gasteiger charge is 2.29. The zero-order chi connectivity index (χ0) is 17.8. The number of nitrogens with zero attached hydrogens (tertiary/aromatic N) is 2. The van der Waals surface area contributed by atoms with Crippen molar-refractivity contribution in [3.05, 3.63) is 0 Å². The van der Waals surface area contributed by atoms with Crippen LogP contribution in [0, 0.1) is 5.92 Å². The van der Waals surface area contributed by atoms with Gasteiger partial charge in [-0.15, -0.1) is 24.0 Å². The molecule has 0 bridgehead atoms. The minimum absolute atomic E-state index is 0. The maximum absolute atomic E-state index is 5.38. The Bertz CT molecular complexity index is 363. The van der Waals surface area contributed by atoms with E-state index in [2.05, 4.69) is 43.2 Å². The van der Waals surface area contributed by atoms with Crippen molar-refractivity contribution in [3.8, 4) is 0 Å². The molecule has 2 N–H and O–H groups in total. The van der Waals surface area contributed by atoms with Gasteiger partial charge in [0.25, 0.3) is 0 Å². The SMILES string of the molecule is CCNC(=NCC(C)(C)N1CCCC(C)C1)NCCCCOCC.I. The predicted molar refractivity (Wildman–Crippen MR) is 119 cm³/mol. The normalized spacial score (nSPS) is 19.4. The van der Waals surface area contributed by atoms with Crippen molar-refractivity contribution in [2.75, 3.05) is 45.9 Å².